The summed E-state index contributed by atoms with van der Waals surface area (Å²) in [6.45, 7) is 0. The number of carbonyl (C=O) groups is 2. The topological polar surface area (TPSA) is 55.4 Å². The molecule has 0 aliphatic rings. The van der Waals surface area contributed by atoms with Crippen LogP contribution in [0.2, 0.25) is 0 Å². The molecule has 154 valence electrons. The van der Waals surface area contributed by atoms with Crippen LogP contribution in [0.3, 0.4) is 0 Å². The van der Waals surface area contributed by atoms with Crippen molar-refractivity contribution in [3.63, 3.8) is 0 Å². The molecule has 0 spiro atoms. The van der Waals surface area contributed by atoms with Gasteiger partial charge in [-0.05, 0) is 36.6 Å². The van der Waals surface area contributed by atoms with Crippen LogP contribution in [0.5, 0.6) is 0 Å². The maximum atomic E-state index is 12.9. The van der Waals surface area contributed by atoms with Crippen LogP contribution in [0.15, 0.2) is 18.2 Å². The Morgan fingerprint density at radius 1 is 1.11 bits per heavy atom. The van der Waals surface area contributed by atoms with E-state index in [9.17, 15) is 35.9 Å². The first-order chi connectivity index (χ1) is 12.9. The molecule has 0 bridgehead atoms. The molecule has 0 unspecified atom stereocenters. The number of benzene rings is 1. The van der Waals surface area contributed by atoms with Crippen molar-refractivity contribution in [3.8, 4) is 12.3 Å². The molecule has 0 saturated heterocycles. The fourth-order valence-corrected chi connectivity index (χ4v) is 2.35. The Morgan fingerprint density at radius 2 is 1.64 bits per heavy atom. The summed E-state index contributed by atoms with van der Waals surface area (Å²) in [6, 6.07) is -0.224. The molecule has 1 atom stereocenters. The molecular formula is C18H17F6NO3. The van der Waals surface area contributed by atoms with Crippen molar-refractivity contribution in [2.45, 2.75) is 44.1 Å². The number of halogens is 6. The molecule has 0 fully saturated rings. The second-order valence-corrected chi connectivity index (χ2v) is 5.83. The number of unbranched alkanes of at least 4 members (excludes halogenated alkanes) is 1. The third-order valence-corrected chi connectivity index (χ3v) is 3.65. The average molecular weight is 409 g/mol. The van der Waals surface area contributed by atoms with Gasteiger partial charge in [-0.2, -0.15) is 26.3 Å². The van der Waals surface area contributed by atoms with E-state index < -0.39 is 53.4 Å². The highest BCUT2D eigenvalue weighted by molar-refractivity contribution is 5.85. The lowest BCUT2D eigenvalue weighted by Gasteiger charge is -2.17. The van der Waals surface area contributed by atoms with Crippen LogP contribution in [-0.4, -0.2) is 25.0 Å². The number of ether oxygens (including phenoxy) is 1. The van der Waals surface area contributed by atoms with E-state index in [1.165, 1.54) is 0 Å². The van der Waals surface area contributed by atoms with Crippen molar-refractivity contribution in [2.75, 3.05) is 7.11 Å². The van der Waals surface area contributed by atoms with Gasteiger partial charge in [-0.25, -0.2) is 4.79 Å². The molecule has 0 aromatic heterocycles. The summed E-state index contributed by atoms with van der Waals surface area (Å²) in [5.41, 5.74) is -3.54. The molecule has 0 heterocycles. The highest BCUT2D eigenvalue weighted by Gasteiger charge is 2.37. The Hall–Kier alpha value is -2.70. The van der Waals surface area contributed by atoms with Crippen molar-refractivity contribution in [3.05, 3.63) is 34.9 Å². The maximum absolute atomic E-state index is 12.9. The zero-order chi connectivity index (χ0) is 21.5. The van der Waals surface area contributed by atoms with Gasteiger partial charge in [-0.15, -0.1) is 12.3 Å². The van der Waals surface area contributed by atoms with E-state index in [1.807, 2.05) is 0 Å². The maximum Gasteiger partial charge on any atom is 0.416 e. The number of alkyl halides is 6. The summed E-state index contributed by atoms with van der Waals surface area (Å²) >= 11 is 0. The number of rotatable bonds is 7. The molecule has 0 saturated carbocycles. The number of nitrogens with one attached hydrogen (secondary N) is 1. The fraction of sp³-hybridized carbons (Fsp3) is 0.444. The van der Waals surface area contributed by atoms with Crippen LogP contribution in [0.25, 0.3) is 0 Å². The van der Waals surface area contributed by atoms with E-state index in [1.54, 1.807) is 0 Å². The normalized spacial score (nSPS) is 12.8. The monoisotopic (exact) mass is 409 g/mol. The molecule has 4 nitrogen and oxygen atoms in total. The minimum Gasteiger partial charge on any atom is -0.467 e. The van der Waals surface area contributed by atoms with Gasteiger partial charge in [-0.3, -0.25) is 4.79 Å². The second-order valence-electron chi connectivity index (χ2n) is 5.83. The largest absolute Gasteiger partial charge is 0.467 e. The van der Waals surface area contributed by atoms with E-state index in [2.05, 4.69) is 16.0 Å². The Labute approximate surface area is 157 Å². The van der Waals surface area contributed by atoms with E-state index >= 15 is 0 Å². The number of hydrogen-bond donors (Lipinski definition) is 1. The van der Waals surface area contributed by atoms with Crippen LogP contribution in [0.4, 0.5) is 26.3 Å². The van der Waals surface area contributed by atoms with Crippen LogP contribution in [-0.2, 0) is 33.1 Å². The molecule has 1 N–H and O–H groups in total. The molecule has 1 amide bonds. The zero-order valence-electron chi connectivity index (χ0n) is 14.7. The van der Waals surface area contributed by atoms with Crippen LogP contribution >= 0.6 is 0 Å². The van der Waals surface area contributed by atoms with E-state index in [0.29, 0.717) is 25.0 Å². The van der Waals surface area contributed by atoms with E-state index in [-0.39, 0.29) is 12.5 Å². The van der Waals surface area contributed by atoms with Crippen LogP contribution in [0.1, 0.15) is 36.0 Å². The van der Waals surface area contributed by atoms with Crippen molar-refractivity contribution in [1.29, 1.82) is 0 Å². The SMILES string of the molecule is C#CCCC[C@H](NC(=O)Cc1cc(C(F)(F)F)cc(C(F)(F)F)c1)C(=O)OC. The van der Waals surface area contributed by atoms with Gasteiger partial charge in [0, 0.05) is 6.42 Å². The molecule has 0 aliphatic carbocycles. The van der Waals surface area contributed by atoms with Crippen molar-refractivity contribution in [2.24, 2.45) is 0 Å². The van der Waals surface area contributed by atoms with Crippen molar-refractivity contribution < 1.29 is 40.7 Å². The Bertz CT molecular complexity index is 717. The predicted octanol–water partition coefficient (Wildman–Crippen LogP) is 3.73. The quantitative estimate of drug-likeness (QED) is 0.323. The Kier molecular flexibility index (Phi) is 7.90. The molecular weight excluding hydrogens is 392 g/mol. The van der Waals surface area contributed by atoms with E-state index in [4.69, 9.17) is 6.42 Å². The summed E-state index contributed by atoms with van der Waals surface area (Å²) in [4.78, 5) is 23.8. The summed E-state index contributed by atoms with van der Waals surface area (Å²) < 4.78 is 81.7. The van der Waals surface area contributed by atoms with Gasteiger partial charge in [0.15, 0.2) is 0 Å². The first-order valence-electron chi connectivity index (χ1n) is 7.97. The molecule has 28 heavy (non-hydrogen) atoms. The summed E-state index contributed by atoms with van der Waals surface area (Å²) in [6.07, 6.45) is -4.95. The first-order valence-corrected chi connectivity index (χ1v) is 7.97. The number of terminal acetylenes is 1. The minimum absolute atomic E-state index is 0.0293. The number of carbonyl (C=O) groups excluding carboxylic acids is 2. The van der Waals surface area contributed by atoms with Gasteiger partial charge in [0.1, 0.15) is 6.04 Å². The third-order valence-electron chi connectivity index (χ3n) is 3.65. The molecule has 1 rings (SSSR count). The van der Waals surface area contributed by atoms with Gasteiger partial charge in [-0.1, -0.05) is 0 Å². The number of amides is 1. The second kappa shape index (κ2) is 9.48. The predicted molar refractivity (Wildman–Crippen MR) is 86.8 cm³/mol. The summed E-state index contributed by atoms with van der Waals surface area (Å²) in [5, 5.41) is 2.25. The smallest absolute Gasteiger partial charge is 0.416 e. The standard InChI is InChI=1S/C18H17F6NO3/c1-3-4-5-6-14(16(27)28-2)25-15(26)9-11-7-12(17(19,20)21)10-13(8-11)18(22,23)24/h1,7-8,10,14H,4-6,9H2,2H3,(H,25,26)/t14-/m0/s1. The molecule has 0 aliphatic heterocycles. The van der Waals surface area contributed by atoms with Gasteiger partial charge in [0.05, 0.1) is 24.7 Å². The molecule has 1 aromatic carbocycles. The van der Waals surface area contributed by atoms with Crippen LogP contribution < -0.4 is 5.32 Å². The third kappa shape index (κ3) is 7.13. The number of methoxy groups -OCH3 is 1. The number of esters is 1. The lowest BCUT2D eigenvalue weighted by Crippen LogP contribution is -2.42. The van der Waals surface area contributed by atoms with E-state index in [0.717, 1.165) is 7.11 Å². The van der Waals surface area contributed by atoms with Gasteiger partial charge in [0.2, 0.25) is 5.91 Å². The molecule has 10 heteroatoms. The fourth-order valence-electron chi connectivity index (χ4n) is 2.35. The summed E-state index contributed by atoms with van der Waals surface area (Å²) in [7, 11) is 1.07. The molecule has 0 radical (unpaired) electrons. The van der Waals surface area contributed by atoms with Crippen molar-refractivity contribution >= 4 is 11.9 Å². The lowest BCUT2D eigenvalue weighted by molar-refractivity contribution is -0.145. The highest BCUT2D eigenvalue weighted by atomic mass is 19.4. The Morgan fingerprint density at radius 3 is 2.07 bits per heavy atom. The lowest BCUT2D eigenvalue weighted by atomic mass is 10.0. The number of hydrogen-bond acceptors (Lipinski definition) is 3. The van der Waals surface area contributed by atoms with Gasteiger partial charge >= 0.3 is 18.3 Å². The molecule has 1 aromatic rings. The van der Waals surface area contributed by atoms with Gasteiger partial charge in [0.25, 0.3) is 0 Å². The highest BCUT2D eigenvalue weighted by Crippen LogP contribution is 2.36. The minimum atomic E-state index is -5.02. The average Bonchev–Trinajstić information content (AvgIpc) is 2.58. The first kappa shape index (κ1) is 23.3. The van der Waals surface area contributed by atoms with Crippen LogP contribution in [0, 0.1) is 12.3 Å². The van der Waals surface area contributed by atoms with Gasteiger partial charge < -0.3 is 10.1 Å². The Balaban J connectivity index is 3.03. The zero-order valence-corrected chi connectivity index (χ0v) is 14.7. The van der Waals surface area contributed by atoms with Crippen molar-refractivity contribution in [1.82, 2.24) is 5.32 Å². The summed E-state index contributed by atoms with van der Waals surface area (Å²) in [5.74, 6) is 0.608.